The molecule has 0 aromatic carbocycles. The van der Waals surface area contributed by atoms with Crippen molar-refractivity contribution in [3.8, 4) is 0 Å². The van der Waals surface area contributed by atoms with Gasteiger partial charge in [0.05, 0.1) is 5.41 Å². The van der Waals surface area contributed by atoms with E-state index in [0.29, 0.717) is 18.6 Å². The minimum Gasteiger partial charge on any atom is -0.369 e. The third kappa shape index (κ3) is 2.67. The van der Waals surface area contributed by atoms with Crippen LogP contribution in [-0.4, -0.2) is 24.5 Å². The van der Waals surface area contributed by atoms with Gasteiger partial charge in [-0.05, 0) is 26.7 Å². The predicted octanol–water partition coefficient (Wildman–Crippen LogP) is -0.423. The fraction of sp³-hybridized carbons (Fsp3) is 0.889. The lowest BCUT2D eigenvalue weighted by Gasteiger charge is -2.35. The summed E-state index contributed by atoms with van der Waals surface area (Å²) in [5.74, 6) is -0.261. The van der Waals surface area contributed by atoms with Crippen LogP contribution >= 0.6 is 0 Å². The Morgan fingerprint density at radius 1 is 1.54 bits per heavy atom. The molecule has 4 nitrogen and oxygen atoms in total. The van der Waals surface area contributed by atoms with Gasteiger partial charge in [-0.2, -0.15) is 0 Å². The molecule has 1 rings (SSSR count). The number of carbonyl (C=O) groups is 1. The van der Waals surface area contributed by atoms with Crippen LogP contribution in [0.25, 0.3) is 0 Å². The molecule has 0 aliphatic heterocycles. The third-order valence-electron chi connectivity index (χ3n) is 2.67. The second-order valence-electron chi connectivity index (χ2n) is 4.56. The number of carbonyl (C=O) groups excluding carboxylic acids is 1. The van der Waals surface area contributed by atoms with Crippen LogP contribution in [0.5, 0.6) is 0 Å². The molecule has 0 atom stereocenters. The SMILES string of the molecule is CC(C)(CNC1CC(N)C1)C(N)=O. The lowest BCUT2D eigenvalue weighted by molar-refractivity contribution is -0.125. The zero-order valence-corrected chi connectivity index (χ0v) is 8.34. The summed E-state index contributed by atoms with van der Waals surface area (Å²) < 4.78 is 0. The van der Waals surface area contributed by atoms with Gasteiger partial charge in [0.25, 0.3) is 0 Å². The Kier molecular flexibility index (Phi) is 2.93. The molecular weight excluding hydrogens is 166 g/mol. The number of amides is 1. The first-order valence-corrected chi connectivity index (χ1v) is 4.70. The molecule has 76 valence electrons. The van der Waals surface area contributed by atoms with Crippen molar-refractivity contribution in [3.05, 3.63) is 0 Å². The second-order valence-corrected chi connectivity index (χ2v) is 4.56. The molecule has 0 heterocycles. The summed E-state index contributed by atoms with van der Waals surface area (Å²) >= 11 is 0. The average molecular weight is 185 g/mol. The van der Waals surface area contributed by atoms with Gasteiger partial charge >= 0.3 is 0 Å². The van der Waals surface area contributed by atoms with E-state index in [1.165, 1.54) is 0 Å². The van der Waals surface area contributed by atoms with Crippen molar-refractivity contribution in [2.24, 2.45) is 16.9 Å². The van der Waals surface area contributed by atoms with Crippen LogP contribution in [0.15, 0.2) is 0 Å². The zero-order chi connectivity index (χ0) is 10.1. The standard InChI is InChI=1S/C9H19N3O/c1-9(2,8(11)13)5-12-7-3-6(10)4-7/h6-7,12H,3-5,10H2,1-2H3,(H2,11,13). The van der Waals surface area contributed by atoms with E-state index < -0.39 is 5.41 Å². The summed E-state index contributed by atoms with van der Waals surface area (Å²) in [5.41, 5.74) is 10.4. The van der Waals surface area contributed by atoms with Crippen molar-refractivity contribution < 1.29 is 4.79 Å². The van der Waals surface area contributed by atoms with Crippen LogP contribution in [0.2, 0.25) is 0 Å². The van der Waals surface area contributed by atoms with Gasteiger partial charge < -0.3 is 16.8 Å². The molecule has 1 aliphatic rings. The van der Waals surface area contributed by atoms with E-state index in [0.717, 1.165) is 12.8 Å². The molecule has 4 heteroatoms. The quantitative estimate of drug-likeness (QED) is 0.556. The molecule has 0 spiro atoms. The first kappa shape index (κ1) is 10.5. The van der Waals surface area contributed by atoms with E-state index in [1.54, 1.807) is 0 Å². The van der Waals surface area contributed by atoms with Gasteiger partial charge in [-0.1, -0.05) is 0 Å². The minimum absolute atomic E-state index is 0.261. The maximum atomic E-state index is 11.0. The lowest BCUT2D eigenvalue weighted by atomic mass is 9.85. The van der Waals surface area contributed by atoms with E-state index in [1.807, 2.05) is 13.8 Å². The van der Waals surface area contributed by atoms with Gasteiger partial charge in [-0.25, -0.2) is 0 Å². The first-order chi connectivity index (χ1) is 5.92. The van der Waals surface area contributed by atoms with E-state index in [-0.39, 0.29) is 5.91 Å². The number of hydrogen-bond donors (Lipinski definition) is 3. The predicted molar refractivity (Wildman–Crippen MR) is 52.0 cm³/mol. The van der Waals surface area contributed by atoms with Gasteiger partial charge in [0.2, 0.25) is 5.91 Å². The monoisotopic (exact) mass is 185 g/mol. The molecule has 0 aromatic rings. The number of nitrogens with two attached hydrogens (primary N) is 2. The Morgan fingerprint density at radius 3 is 2.46 bits per heavy atom. The fourth-order valence-corrected chi connectivity index (χ4v) is 1.32. The number of primary amides is 1. The molecule has 1 amide bonds. The highest BCUT2D eigenvalue weighted by molar-refractivity contribution is 5.80. The summed E-state index contributed by atoms with van der Waals surface area (Å²) in [6.07, 6.45) is 2.02. The highest BCUT2D eigenvalue weighted by atomic mass is 16.1. The van der Waals surface area contributed by atoms with E-state index >= 15 is 0 Å². The van der Waals surface area contributed by atoms with Gasteiger partial charge in [-0.3, -0.25) is 4.79 Å². The van der Waals surface area contributed by atoms with Gasteiger partial charge in [0.15, 0.2) is 0 Å². The normalized spacial score (nSPS) is 28.2. The summed E-state index contributed by atoms with van der Waals surface area (Å²) in [6.45, 7) is 4.33. The zero-order valence-electron chi connectivity index (χ0n) is 8.34. The highest BCUT2D eigenvalue weighted by Crippen LogP contribution is 2.19. The maximum Gasteiger partial charge on any atom is 0.224 e. The van der Waals surface area contributed by atoms with Crippen LogP contribution in [0, 0.1) is 5.41 Å². The Balaban J connectivity index is 2.22. The van der Waals surface area contributed by atoms with Crippen LogP contribution < -0.4 is 16.8 Å². The van der Waals surface area contributed by atoms with Crippen molar-refractivity contribution in [1.82, 2.24) is 5.32 Å². The second kappa shape index (κ2) is 3.64. The summed E-state index contributed by atoms with van der Waals surface area (Å²) in [5, 5.41) is 3.29. The molecule has 0 unspecified atom stereocenters. The van der Waals surface area contributed by atoms with Crippen LogP contribution in [0.4, 0.5) is 0 Å². The van der Waals surface area contributed by atoms with Crippen molar-refractivity contribution >= 4 is 5.91 Å². The fourth-order valence-electron chi connectivity index (χ4n) is 1.32. The minimum atomic E-state index is -0.459. The van der Waals surface area contributed by atoms with E-state index in [4.69, 9.17) is 11.5 Å². The molecule has 1 aliphatic carbocycles. The molecule has 1 fully saturated rings. The van der Waals surface area contributed by atoms with Gasteiger partial charge in [0.1, 0.15) is 0 Å². The summed E-state index contributed by atoms with van der Waals surface area (Å²) in [6, 6.07) is 0.822. The van der Waals surface area contributed by atoms with Crippen LogP contribution in [0.3, 0.4) is 0 Å². The smallest absolute Gasteiger partial charge is 0.224 e. The molecule has 13 heavy (non-hydrogen) atoms. The van der Waals surface area contributed by atoms with Crippen molar-refractivity contribution in [3.63, 3.8) is 0 Å². The Bertz CT molecular complexity index is 197. The molecule has 0 radical (unpaired) electrons. The first-order valence-electron chi connectivity index (χ1n) is 4.70. The Labute approximate surface area is 79.0 Å². The van der Waals surface area contributed by atoms with Crippen LogP contribution in [-0.2, 0) is 4.79 Å². The number of rotatable bonds is 4. The maximum absolute atomic E-state index is 11.0. The number of hydrogen-bond acceptors (Lipinski definition) is 3. The third-order valence-corrected chi connectivity index (χ3v) is 2.67. The lowest BCUT2D eigenvalue weighted by Crippen LogP contribution is -2.52. The van der Waals surface area contributed by atoms with E-state index in [2.05, 4.69) is 5.32 Å². The number of nitrogens with one attached hydrogen (secondary N) is 1. The molecular formula is C9H19N3O. The molecule has 0 bridgehead atoms. The average Bonchev–Trinajstić information content (AvgIpc) is 1.95. The molecule has 1 saturated carbocycles. The summed E-state index contributed by atoms with van der Waals surface area (Å²) in [4.78, 5) is 11.0. The van der Waals surface area contributed by atoms with Crippen LogP contribution in [0.1, 0.15) is 26.7 Å². The molecule has 0 saturated heterocycles. The Hall–Kier alpha value is -0.610. The van der Waals surface area contributed by atoms with Gasteiger partial charge in [0, 0.05) is 18.6 Å². The van der Waals surface area contributed by atoms with Gasteiger partial charge in [-0.15, -0.1) is 0 Å². The summed E-state index contributed by atoms with van der Waals surface area (Å²) in [7, 11) is 0. The highest BCUT2D eigenvalue weighted by Gasteiger charge is 2.30. The van der Waals surface area contributed by atoms with E-state index in [9.17, 15) is 4.79 Å². The molecule has 5 N–H and O–H groups in total. The van der Waals surface area contributed by atoms with Crippen molar-refractivity contribution in [2.45, 2.75) is 38.8 Å². The largest absolute Gasteiger partial charge is 0.369 e. The Morgan fingerprint density at radius 2 is 2.08 bits per heavy atom. The topological polar surface area (TPSA) is 81.1 Å². The van der Waals surface area contributed by atoms with Crippen molar-refractivity contribution in [1.29, 1.82) is 0 Å². The molecule has 0 aromatic heterocycles. The van der Waals surface area contributed by atoms with Crippen molar-refractivity contribution in [2.75, 3.05) is 6.54 Å².